The zero-order valence-corrected chi connectivity index (χ0v) is 46.3. The number of esters is 5. The summed E-state index contributed by atoms with van der Waals surface area (Å²) < 4.78 is 58.4. The van der Waals surface area contributed by atoms with Crippen molar-refractivity contribution in [2.24, 2.45) is 63.4 Å². The van der Waals surface area contributed by atoms with Crippen LogP contribution >= 0.6 is 0 Å². The number of aryl methyl sites for hydroxylation is 1. The Balaban J connectivity index is 0.723. The topological polar surface area (TPSA) is 313 Å². The molecule has 22 heteroatoms. The molecular formula is C60H66N4O18. The van der Waals surface area contributed by atoms with Crippen molar-refractivity contribution in [2.75, 3.05) is 0 Å². The lowest BCUT2D eigenvalue weighted by molar-refractivity contribution is -0.284. The van der Waals surface area contributed by atoms with Crippen molar-refractivity contribution in [3.05, 3.63) is 94.8 Å². The van der Waals surface area contributed by atoms with Crippen molar-refractivity contribution in [3.8, 4) is 23.0 Å². The van der Waals surface area contributed by atoms with Gasteiger partial charge in [0, 0.05) is 96.2 Å². The molecule has 4 aromatic rings. The normalized spacial score (nSPS) is 43.3. The Labute approximate surface area is 470 Å². The maximum absolute atomic E-state index is 14.7. The van der Waals surface area contributed by atoms with Gasteiger partial charge in [-0.1, -0.05) is 44.2 Å². The maximum Gasteiger partial charge on any atom is 0.341 e. The second kappa shape index (κ2) is 17.7. The number of aliphatic hydroxyl groups is 3. The van der Waals surface area contributed by atoms with Crippen LogP contribution in [0.4, 0.5) is 0 Å². The molecule has 6 heterocycles. The molecule has 0 amide bonds. The Morgan fingerprint density at radius 1 is 0.841 bits per heavy atom. The predicted molar refractivity (Wildman–Crippen MR) is 278 cm³/mol. The van der Waals surface area contributed by atoms with Gasteiger partial charge in [0.1, 0.15) is 65.8 Å². The van der Waals surface area contributed by atoms with Gasteiger partial charge in [-0.15, -0.1) is 5.10 Å². The van der Waals surface area contributed by atoms with Gasteiger partial charge in [0.25, 0.3) is 0 Å². The smallest absolute Gasteiger partial charge is 0.341 e. The van der Waals surface area contributed by atoms with Crippen LogP contribution in [0.5, 0.6) is 23.0 Å². The van der Waals surface area contributed by atoms with Crippen LogP contribution in [0.15, 0.2) is 66.9 Å². The van der Waals surface area contributed by atoms with E-state index in [4.69, 9.17) is 48.4 Å². The Hall–Kier alpha value is -6.69. The number of phenols is 1. The van der Waals surface area contributed by atoms with Crippen molar-refractivity contribution in [2.45, 2.75) is 159 Å². The van der Waals surface area contributed by atoms with E-state index in [-0.39, 0.29) is 24.9 Å². The van der Waals surface area contributed by atoms with Crippen LogP contribution in [-0.2, 0) is 71.1 Å². The molecule has 22 nitrogen and oxygen atoms in total. The van der Waals surface area contributed by atoms with Crippen LogP contribution in [0.25, 0.3) is 0 Å². The summed E-state index contributed by atoms with van der Waals surface area (Å²) in [5.74, 6) is -9.44. The third kappa shape index (κ3) is 6.86. The van der Waals surface area contributed by atoms with Crippen molar-refractivity contribution in [1.82, 2.24) is 15.0 Å². The fourth-order valence-corrected chi connectivity index (χ4v) is 18.1. The van der Waals surface area contributed by atoms with Crippen LogP contribution in [0.2, 0.25) is 0 Å². The molecule has 8 fully saturated rings. The fraction of sp³-hybridized carbons (Fsp3) is 0.583. The third-order valence-electron chi connectivity index (χ3n) is 21.7. The minimum Gasteiger partial charge on any atom is -0.508 e. The second-order valence-corrected chi connectivity index (χ2v) is 25.5. The lowest BCUT2D eigenvalue weighted by atomic mass is 9.40. The van der Waals surface area contributed by atoms with Crippen LogP contribution in [0, 0.1) is 57.7 Å². The van der Waals surface area contributed by atoms with E-state index in [2.05, 4.69) is 10.3 Å². The average molecular weight is 1130 g/mol. The van der Waals surface area contributed by atoms with E-state index in [1.807, 2.05) is 32.9 Å². The summed E-state index contributed by atoms with van der Waals surface area (Å²) >= 11 is 0. The summed E-state index contributed by atoms with van der Waals surface area (Å²) in [5.41, 5.74) is 2.24. The third-order valence-corrected chi connectivity index (χ3v) is 21.7. The van der Waals surface area contributed by atoms with Crippen molar-refractivity contribution in [1.29, 1.82) is 0 Å². The summed E-state index contributed by atoms with van der Waals surface area (Å²) in [6, 6.07) is 16.1. The Morgan fingerprint density at radius 3 is 2.32 bits per heavy atom. The molecule has 434 valence electrons. The van der Waals surface area contributed by atoms with Crippen molar-refractivity contribution < 1.29 is 87.0 Å². The number of aromatic nitrogens is 3. The summed E-state index contributed by atoms with van der Waals surface area (Å²) in [7, 11) is 0. The number of nitrogens with zero attached hydrogens (tertiary/aromatic N) is 3. The van der Waals surface area contributed by atoms with Crippen LogP contribution in [0.3, 0.4) is 0 Å². The first-order valence-corrected chi connectivity index (χ1v) is 28.4. The first kappa shape index (κ1) is 53.3. The van der Waals surface area contributed by atoms with Gasteiger partial charge >= 0.3 is 29.8 Å². The lowest BCUT2D eigenvalue weighted by Gasteiger charge is -2.67. The number of epoxide rings is 2. The van der Waals surface area contributed by atoms with E-state index in [0.29, 0.717) is 71.0 Å². The standard InChI is InChI=1S/C60H66N4O18/c1-25-41-44(57(6)58(7,73)54(72)82-60(57)51(25)80-60)48(42-40-43(49(75-26(2)65)52(56(41,42)5)76-27(3)66)55(4)35(45(61)46(40)69)22-38-47(78-38)50(55)70)79-39(68)14-10-11-19-64-23-28(62-63-64)24-74-30-16-18-34-37(21-30)77-36-20-29(67)15-17-33(36)59(34)32-13-9-8-12-31(32)53(71)81-59/h8-9,12-13,15-18,20-21,23,25,35,38,40-52,67,69-70,73H,10-11,14,19,22,24,61H2,1-7H3/t25-,35+,38-,40?,41-,42+,43?,44-,45-,46+,47-,48+,49-,50-,51+,52-,55-,56+,57-,58+,59?,60-/m0/s1. The minimum absolute atomic E-state index is 0.0240. The summed E-state index contributed by atoms with van der Waals surface area (Å²) in [4.78, 5) is 68.9. The number of carbonyl (C=O) groups is 5. The Kier molecular flexibility index (Phi) is 11.5. The van der Waals surface area contributed by atoms with Crippen molar-refractivity contribution >= 4 is 29.8 Å². The van der Waals surface area contributed by atoms with Gasteiger partial charge in [-0.25, -0.2) is 9.59 Å². The fourth-order valence-electron chi connectivity index (χ4n) is 18.1. The molecule has 5 aliphatic heterocycles. The number of phenolic OH excluding ortho intramolecular Hbond substituents is 1. The molecule has 0 bridgehead atoms. The number of unbranched alkanes of at least 4 members (excludes halogenated alkanes) is 1. The van der Waals surface area contributed by atoms with E-state index < -0.39 is 153 Å². The highest BCUT2D eigenvalue weighted by atomic mass is 16.8. The van der Waals surface area contributed by atoms with Crippen molar-refractivity contribution in [3.63, 3.8) is 0 Å². The molecule has 5 aliphatic carbocycles. The predicted octanol–water partition coefficient (Wildman–Crippen LogP) is 4.11. The number of fused-ring (bicyclic) bond motifs is 15. The highest BCUT2D eigenvalue weighted by Gasteiger charge is 2.93. The first-order chi connectivity index (χ1) is 38.9. The Bertz CT molecular complexity index is 3410. The van der Waals surface area contributed by atoms with E-state index in [1.54, 1.807) is 54.2 Å². The number of aliphatic hydroxyl groups excluding tert-OH is 2. The van der Waals surface area contributed by atoms with Gasteiger partial charge in [0.05, 0.1) is 35.5 Å². The average Bonchev–Trinajstić information content (AvgIpc) is 2.96. The molecule has 5 saturated carbocycles. The number of ether oxygens (including phenoxy) is 9. The van der Waals surface area contributed by atoms with E-state index in [9.17, 15) is 44.4 Å². The Morgan fingerprint density at radius 2 is 1.56 bits per heavy atom. The molecule has 2 spiro atoms. The molecule has 1 aromatic heterocycles. The molecular weight excluding hydrogens is 1060 g/mol. The van der Waals surface area contributed by atoms with E-state index in [0.717, 1.165) is 0 Å². The van der Waals surface area contributed by atoms with Crippen LogP contribution < -0.4 is 15.2 Å². The largest absolute Gasteiger partial charge is 0.508 e. The minimum atomic E-state index is -2.19. The van der Waals surface area contributed by atoms with E-state index >= 15 is 0 Å². The highest BCUT2D eigenvalue weighted by Crippen LogP contribution is 2.81. The van der Waals surface area contributed by atoms with Gasteiger partial charge in [-0.3, -0.25) is 19.1 Å². The summed E-state index contributed by atoms with van der Waals surface area (Å²) in [6.45, 7) is 11.6. The van der Waals surface area contributed by atoms with Gasteiger partial charge < -0.3 is 68.8 Å². The molecule has 82 heavy (non-hydrogen) atoms. The SMILES string of the molecule is CC(=O)O[C@H]1C2C([C@@H](O)[C@@H](N)[C@H]3C[C@@H]4O[C@@H]4[C@H](O)[C@]23C)[C@@H]2[C@@H](OC(=O)CCCCn3cc(COc4ccc5c(c4)Oc4cc(O)ccc4C54OC(=O)c5ccccc54)nn3)[C@@H]3[C@H]([C@H](C)[C@H]4O[C@]45OC(=O)[C@@](C)(O)[C@]35C)[C@@]2(C)[C@H]1OC(C)=O. The van der Waals surface area contributed by atoms with Gasteiger partial charge in [-0.05, 0) is 81.2 Å². The van der Waals surface area contributed by atoms with Gasteiger partial charge in [0.2, 0.25) is 5.79 Å². The molecule has 3 saturated heterocycles. The number of aromatic hydroxyl groups is 1. The number of benzene rings is 3. The molecule has 0 radical (unpaired) electrons. The highest BCUT2D eigenvalue weighted by molar-refractivity contribution is 5.97. The molecule has 3 aromatic carbocycles. The van der Waals surface area contributed by atoms with Crippen LogP contribution in [-0.4, -0.2) is 132 Å². The maximum atomic E-state index is 14.7. The monoisotopic (exact) mass is 1130 g/mol. The molecule has 6 N–H and O–H groups in total. The van der Waals surface area contributed by atoms with Gasteiger partial charge in [-0.2, -0.15) is 0 Å². The summed E-state index contributed by atoms with van der Waals surface area (Å²) in [5, 5.41) is 56.8. The molecule has 10 aliphatic rings. The van der Waals surface area contributed by atoms with Gasteiger partial charge in [0.15, 0.2) is 11.2 Å². The lowest BCUT2D eigenvalue weighted by Crippen LogP contribution is -2.76. The number of hydrogen-bond donors (Lipinski definition) is 5. The second-order valence-electron chi connectivity index (χ2n) is 25.5. The number of carbonyl (C=O) groups excluding carboxylic acids is 5. The summed E-state index contributed by atoms with van der Waals surface area (Å²) in [6.07, 6.45) is -4.93. The zero-order valence-electron chi connectivity index (χ0n) is 46.3. The first-order valence-electron chi connectivity index (χ1n) is 28.4. The zero-order chi connectivity index (χ0) is 57.7. The molecule has 22 atom stereocenters. The quantitative estimate of drug-likeness (QED) is 0.0611. The van der Waals surface area contributed by atoms with Crippen LogP contribution in [0.1, 0.15) is 107 Å². The number of nitrogens with two attached hydrogens (primary N) is 1. The number of rotatable bonds is 11. The van der Waals surface area contributed by atoms with E-state index in [1.165, 1.54) is 32.9 Å². The molecule has 3 unspecified atom stereocenters. The number of hydrogen-bond acceptors (Lipinski definition) is 21. The molecule has 14 rings (SSSR count).